The zero-order chi connectivity index (χ0) is 13.2. The van der Waals surface area contributed by atoms with E-state index in [1.807, 2.05) is 19.2 Å². The zero-order valence-corrected chi connectivity index (χ0v) is 12.0. The van der Waals surface area contributed by atoms with Gasteiger partial charge in [-0.05, 0) is 51.2 Å². The SMILES string of the molecule is CNC1(Cc2ccc(OC)c(Cl)c2)CCN(C)C1. The molecule has 0 aliphatic carbocycles. The summed E-state index contributed by atoms with van der Waals surface area (Å²) in [5.41, 5.74) is 1.43. The van der Waals surface area contributed by atoms with Gasteiger partial charge in [0.05, 0.1) is 12.1 Å². The van der Waals surface area contributed by atoms with E-state index >= 15 is 0 Å². The molecule has 0 spiro atoms. The highest BCUT2D eigenvalue weighted by Gasteiger charge is 2.35. The van der Waals surface area contributed by atoms with Gasteiger partial charge in [-0.15, -0.1) is 0 Å². The molecule has 2 rings (SSSR count). The van der Waals surface area contributed by atoms with Gasteiger partial charge in [0.1, 0.15) is 5.75 Å². The number of likely N-dealkylation sites (tertiary alicyclic amines) is 1. The molecule has 1 aromatic rings. The average Bonchev–Trinajstić information content (AvgIpc) is 2.72. The maximum absolute atomic E-state index is 6.18. The number of methoxy groups -OCH3 is 1. The fourth-order valence-corrected chi connectivity index (χ4v) is 3.01. The molecule has 4 heteroatoms. The van der Waals surface area contributed by atoms with E-state index in [0.29, 0.717) is 5.02 Å². The summed E-state index contributed by atoms with van der Waals surface area (Å²) in [7, 11) is 5.85. The van der Waals surface area contributed by atoms with Crippen LogP contribution < -0.4 is 10.1 Å². The van der Waals surface area contributed by atoms with Crippen LogP contribution in [0.2, 0.25) is 5.02 Å². The van der Waals surface area contributed by atoms with Crippen LogP contribution in [0.4, 0.5) is 0 Å². The van der Waals surface area contributed by atoms with Gasteiger partial charge in [-0.3, -0.25) is 0 Å². The van der Waals surface area contributed by atoms with Crippen LogP contribution in [0.15, 0.2) is 18.2 Å². The van der Waals surface area contributed by atoms with Gasteiger partial charge in [-0.1, -0.05) is 17.7 Å². The molecule has 1 aliphatic rings. The van der Waals surface area contributed by atoms with Crippen molar-refractivity contribution < 1.29 is 4.74 Å². The highest BCUT2D eigenvalue weighted by atomic mass is 35.5. The van der Waals surface area contributed by atoms with Crippen LogP contribution in [-0.4, -0.2) is 44.7 Å². The smallest absolute Gasteiger partial charge is 0.137 e. The van der Waals surface area contributed by atoms with Gasteiger partial charge in [-0.2, -0.15) is 0 Å². The van der Waals surface area contributed by atoms with Gasteiger partial charge in [0, 0.05) is 12.1 Å². The minimum absolute atomic E-state index is 0.173. The highest BCUT2D eigenvalue weighted by Crippen LogP contribution is 2.29. The third-order valence-corrected chi connectivity index (χ3v) is 4.13. The third kappa shape index (κ3) is 2.79. The van der Waals surface area contributed by atoms with Gasteiger partial charge in [0.15, 0.2) is 0 Å². The number of likely N-dealkylation sites (N-methyl/N-ethyl adjacent to an activating group) is 2. The Bertz CT molecular complexity index is 424. The largest absolute Gasteiger partial charge is 0.495 e. The average molecular weight is 269 g/mol. The van der Waals surface area contributed by atoms with Crippen LogP contribution in [0.25, 0.3) is 0 Å². The van der Waals surface area contributed by atoms with E-state index < -0.39 is 0 Å². The molecule has 0 radical (unpaired) electrons. The summed E-state index contributed by atoms with van der Waals surface area (Å²) in [5.74, 6) is 0.738. The standard InChI is InChI=1S/C14H21ClN2O/c1-16-14(6-7-17(2)10-14)9-11-4-5-13(18-3)12(15)8-11/h4-5,8,16H,6-7,9-10H2,1-3H3. The van der Waals surface area contributed by atoms with Gasteiger partial charge in [-0.25, -0.2) is 0 Å². The molecule has 1 unspecified atom stereocenters. The van der Waals surface area contributed by atoms with Crippen LogP contribution in [0.5, 0.6) is 5.75 Å². The van der Waals surface area contributed by atoms with Crippen LogP contribution in [-0.2, 0) is 6.42 Å². The molecule has 1 fully saturated rings. The second-order valence-corrected chi connectivity index (χ2v) is 5.57. The van der Waals surface area contributed by atoms with E-state index in [4.69, 9.17) is 16.3 Å². The van der Waals surface area contributed by atoms with Crippen LogP contribution >= 0.6 is 11.6 Å². The van der Waals surface area contributed by atoms with E-state index in [9.17, 15) is 0 Å². The lowest BCUT2D eigenvalue weighted by Crippen LogP contribution is -2.47. The number of hydrogen-bond acceptors (Lipinski definition) is 3. The number of rotatable bonds is 4. The summed E-state index contributed by atoms with van der Waals surface area (Å²) in [6.07, 6.45) is 2.17. The number of halogens is 1. The number of ether oxygens (including phenoxy) is 1. The normalized spacial score (nSPS) is 24.4. The lowest BCUT2D eigenvalue weighted by Gasteiger charge is -2.29. The molecule has 0 amide bonds. The quantitative estimate of drug-likeness (QED) is 0.906. The molecule has 3 nitrogen and oxygen atoms in total. The van der Waals surface area contributed by atoms with Crippen molar-refractivity contribution in [3.05, 3.63) is 28.8 Å². The van der Waals surface area contributed by atoms with E-state index in [-0.39, 0.29) is 5.54 Å². The molecule has 100 valence electrons. The minimum atomic E-state index is 0.173. The van der Waals surface area contributed by atoms with Crippen LogP contribution in [0.3, 0.4) is 0 Å². The monoisotopic (exact) mass is 268 g/mol. The Morgan fingerprint density at radius 3 is 2.78 bits per heavy atom. The molecule has 0 bridgehead atoms. The lowest BCUT2D eigenvalue weighted by molar-refractivity contribution is 0.326. The predicted octanol–water partition coefficient (Wildman–Crippen LogP) is 2.18. The van der Waals surface area contributed by atoms with E-state index in [2.05, 4.69) is 23.3 Å². The van der Waals surface area contributed by atoms with Crippen molar-refractivity contribution in [1.82, 2.24) is 10.2 Å². The Hall–Kier alpha value is -0.770. The second-order valence-electron chi connectivity index (χ2n) is 5.16. The summed E-state index contributed by atoms with van der Waals surface area (Å²) < 4.78 is 5.18. The topological polar surface area (TPSA) is 24.5 Å². The first-order chi connectivity index (χ1) is 8.58. The summed E-state index contributed by atoms with van der Waals surface area (Å²) in [6, 6.07) is 6.06. The molecular weight excluding hydrogens is 248 g/mol. The Balaban J connectivity index is 2.15. The molecule has 1 aliphatic heterocycles. The summed E-state index contributed by atoms with van der Waals surface area (Å²) in [4.78, 5) is 2.36. The fraction of sp³-hybridized carbons (Fsp3) is 0.571. The molecule has 0 saturated carbocycles. The Morgan fingerprint density at radius 2 is 2.28 bits per heavy atom. The van der Waals surface area contributed by atoms with Crippen LogP contribution in [0.1, 0.15) is 12.0 Å². The van der Waals surface area contributed by atoms with Gasteiger partial charge < -0.3 is 15.0 Å². The van der Waals surface area contributed by atoms with Crippen molar-refractivity contribution in [2.75, 3.05) is 34.3 Å². The van der Waals surface area contributed by atoms with Gasteiger partial charge >= 0.3 is 0 Å². The molecule has 0 aromatic heterocycles. The maximum Gasteiger partial charge on any atom is 0.137 e. The summed E-state index contributed by atoms with van der Waals surface area (Å²) in [6.45, 7) is 2.22. The van der Waals surface area contributed by atoms with Crippen LogP contribution in [0, 0.1) is 0 Å². The van der Waals surface area contributed by atoms with Gasteiger partial charge in [0.25, 0.3) is 0 Å². The summed E-state index contributed by atoms with van der Waals surface area (Å²) >= 11 is 6.18. The Labute approximate surface area is 114 Å². The third-order valence-electron chi connectivity index (χ3n) is 3.83. The van der Waals surface area contributed by atoms with Crippen molar-refractivity contribution in [3.8, 4) is 5.75 Å². The van der Waals surface area contributed by atoms with Crippen molar-refractivity contribution in [2.24, 2.45) is 0 Å². The van der Waals surface area contributed by atoms with Gasteiger partial charge in [0.2, 0.25) is 0 Å². The van der Waals surface area contributed by atoms with Crippen molar-refractivity contribution in [3.63, 3.8) is 0 Å². The van der Waals surface area contributed by atoms with Crippen molar-refractivity contribution in [1.29, 1.82) is 0 Å². The lowest BCUT2D eigenvalue weighted by atomic mass is 9.90. The van der Waals surface area contributed by atoms with E-state index in [0.717, 1.165) is 25.3 Å². The molecular formula is C14H21ClN2O. The van der Waals surface area contributed by atoms with E-state index in [1.165, 1.54) is 12.0 Å². The molecule has 1 saturated heterocycles. The number of benzene rings is 1. The predicted molar refractivity (Wildman–Crippen MR) is 75.6 cm³/mol. The Morgan fingerprint density at radius 1 is 1.50 bits per heavy atom. The summed E-state index contributed by atoms with van der Waals surface area (Å²) in [5, 5.41) is 4.18. The maximum atomic E-state index is 6.18. The Kier molecular flexibility index (Phi) is 4.15. The molecule has 1 atom stereocenters. The fourth-order valence-electron chi connectivity index (χ4n) is 2.73. The second kappa shape index (κ2) is 5.47. The molecule has 1 aromatic carbocycles. The number of nitrogens with zero attached hydrogens (tertiary/aromatic N) is 1. The molecule has 1 N–H and O–H groups in total. The number of nitrogens with one attached hydrogen (secondary N) is 1. The minimum Gasteiger partial charge on any atom is -0.495 e. The van der Waals surface area contributed by atoms with Crippen molar-refractivity contribution in [2.45, 2.75) is 18.4 Å². The molecule has 1 heterocycles. The van der Waals surface area contributed by atoms with E-state index in [1.54, 1.807) is 7.11 Å². The first-order valence-electron chi connectivity index (χ1n) is 6.28. The first-order valence-corrected chi connectivity index (χ1v) is 6.66. The first kappa shape index (κ1) is 13.7. The zero-order valence-electron chi connectivity index (χ0n) is 11.3. The number of hydrogen-bond donors (Lipinski definition) is 1. The van der Waals surface area contributed by atoms with Crippen molar-refractivity contribution >= 4 is 11.6 Å². The highest BCUT2D eigenvalue weighted by molar-refractivity contribution is 6.32. The molecule has 18 heavy (non-hydrogen) atoms.